The van der Waals surface area contributed by atoms with Crippen molar-refractivity contribution in [3.63, 3.8) is 0 Å². The van der Waals surface area contributed by atoms with Gasteiger partial charge in [-0.3, -0.25) is 14.9 Å². The minimum Gasteiger partial charge on any atom is -0.449 e. The normalized spacial score (nSPS) is 11.6. The van der Waals surface area contributed by atoms with Gasteiger partial charge in [0.2, 0.25) is 0 Å². The number of benzene rings is 2. The average Bonchev–Trinajstić information content (AvgIpc) is 2.67. The Morgan fingerprint density at radius 2 is 1.96 bits per heavy atom. The SMILES string of the molecule is CC(OC(=O)c1ccc2nc(Cl)ccc2c1)C(=O)Nc1cccc([N+](=O)[O-])c1. The topological polar surface area (TPSA) is 111 Å². The van der Waals surface area contributed by atoms with E-state index in [4.69, 9.17) is 16.3 Å². The minimum absolute atomic E-state index is 0.160. The molecule has 0 spiro atoms. The Labute approximate surface area is 164 Å². The third-order valence-corrected chi connectivity index (χ3v) is 4.08. The predicted molar refractivity (Wildman–Crippen MR) is 103 cm³/mol. The molecule has 2 aromatic carbocycles. The molecule has 0 saturated heterocycles. The highest BCUT2D eigenvalue weighted by Gasteiger charge is 2.20. The van der Waals surface area contributed by atoms with Crippen LogP contribution in [0.4, 0.5) is 11.4 Å². The fourth-order valence-electron chi connectivity index (χ4n) is 2.45. The number of non-ortho nitro benzene ring substituents is 1. The molecular formula is C19H14ClN3O5. The highest BCUT2D eigenvalue weighted by atomic mass is 35.5. The van der Waals surface area contributed by atoms with Crippen molar-refractivity contribution in [2.24, 2.45) is 0 Å². The van der Waals surface area contributed by atoms with Gasteiger partial charge in [-0.15, -0.1) is 0 Å². The second-order valence-electron chi connectivity index (χ2n) is 5.89. The van der Waals surface area contributed by atoms with E-state index in [1.165, 1.54) is 37.3 Å². The highest BCUT2D eigenvalue weighted by Crippen LogP contribution is 2.19. The van der Waals surface area contributed by atoms with Crippen molar-refractivity contribution in [2.75, 3.05) is 5.32 Å². The van der Waals surface area contributed by atoms with Crippen molar-refractivity contribution in [1.29, 1.82) is 0 Å². The van der Waals surface area contributed by atoms with Crippen molar-refractivity contribution in [3.05, 3.63) is 75.4 Å². The van der Waals surface area contributed by atoms with Crippen LogP contribution in [0.3, 0.4) is 0 Å². The van der Waals surface area contributed by atoms with Crippen LogP contribution < -0.4 is 5.32 Å². The molecule has 3 rings (SSSR count). The summed E-state index contributed by atoms with van der Waals surface area (Å²) in [7, 11) is 0. The van der Waals surface area contributed by atoms with Crippen molar-refractivity contribution >= 4 is 45.8 Å². The molecule has 0 aliphatic carbocycles. The first-order valence-corrected chi connectivity index (χ1v) is 8.54. The number of carbonyl (C=O) groups excluding carboxylic acids is 2. The molecule has 8 nitrogen and oxygen atoms in total. The summed E-state index contributed by atoms with van der Waals surface area (Å²) in [5.41, 5.74) is 0.954. The Kier molecular flexibility index (Phi) is 5.51. The molecule has 0 radical (unpaired) electrons. The number of esters is 1. The monoisotopic (exact) mass is 399 g/mol. The van der Waals surface area contributed by atoms with Crippen LogP contribution in [0.15, 0.2) is 54.6 Å². The molecule has 1 atom stereocenters. The van der Waals surface area contributed by atoms with Crippen LogP contribution in [0.5, 0.6) is 0 Å². The van der Waals surface area contributed by atoms with Crippen molar-refractivity contribution in [1.82, 2.24) is 4.98 Å². The number of fused-ring (bicyclic) bond motifs is 1. The predicted octanol–water partition coefficient (Wildman–Crippen LogP) is 3.98. The molecule has 142 valence electrons. The number of nitrogens with zero attached hydrogens (tertiary/aromatic N) is 2. The summed E-state index contributed by atoms with van der Waals surface area (Å²) in [6.07, 6.45) is -1.11. The summed E-state index contributed by atoms with van der Waals surface area (Å²) in [6, 6.07) is 13.5. The Balaban J connectivity index is 1.68. The molecule has 0 aliphatic heterocycles. The quantitative estimate of drug-likeness (QED) is 0.300. The zero-order valence-corrected chi connectivity index (χ0v) is 15.3. The molecule has 1 aromatic heterocycles. The van der Waals surface area contributed by atoms with Gasteiger partial charge in [0.25, 0.3) is 11.6 Å². The van der Waals surface area contributed by atoms with Crippen LogP contribution in [0.1, 0.15) is 17.3 Å². The minimum atomic E-state index is -1.11. The van der Waals surface area contributed by atoms with Gasteiger partial charge < -0.3 is 10.1 Å². The summed E-state index contributed by atoms with van der Waals surface area (Å²) >= 11 is 5.83. The second kappa shape index (κ2) is 8.01. The molecule has 1 N–H and O–H groups in total. The lowest BCUT2D eigenvalue weighted by molar-refractivity contribution is -0.384. The van der Waals surface area contributed by atoms with E-state index in [2.05, 4.69) is 10.3 Å². The van der Waals surface area contributed by atoms with Gasteiger partial charge in [-0.1, -0.05) is 17.7 Å². The van der Waals surface area contributed by atoms with Gasteiger partial charge in [-0.05, 0) is 43.3 Å². The Bertz CT molecular complexity index is 1090. The maximum absolute atomic E-state index is 12.3. The van der Waals surface area contributed by atoms with E-state index in [1.807, 2.05) is 0 Å². The fraction of sp³-hybridized carbons (Fsp3) is 0.105. The van der Waals surface area contributed by atoms with Gasteiger partial charge in [-0.2, -0.15) is 0 Å². The molecule has 0 aliphatic rings. The largest absolute Gasteiger partial charge is 0.449 e. The molecule has 0 fully saturated rings. The van der Waals surface area contributed by atoms with Crippen LogP contribution in [-0.4, -0.2) is 27.9 Å². The number of nitrogens with one attached hydrogen (secondary N) is 1. The summed E-state index contributed by atoms with van der Waals surface area (Å²) < 4.78 is 5.19. The maximum atomic E-state index is 12.3. The number of carbonyl (C=O) groups is 2. The summed E-state index contributed by atoms with van der Waals surface area (Å²) in [6.45, 7) is 1.41. The molecule has 3 aromatic rings. The first kappa shape index (κ1) is 19.2. The molecule has 1 unspecified atom stereocenters. The molecule has 0 saturated carbocycles. The Morgan fingerprint density at radius 3 is 2.71 bits per heavy atom. The summed E-state index contributed by atoms with van der Waals surface area (Å²) in [4.78, 5) is 38.9. The molecule has 1 heterocycles. The number of ether oxygens (including phenoxy) is 1. The lowest BCUT2D eigenvalue weighted by Crippen LogP contribution is -2.30. The van der Waals surface area contributed by atoms with E-state index >= 15 is 0 Å². The fourth-order valence-corrected chi connectivity index (χ4v) is 2.60. The third-order valence-electron chi connectivity index (χ3n) is 3.87. The maximum Gasteiger partial charge on any atom is 0.338 e. The number of hydrogen-bond donors (Lipinski definition) is 1. The van der Waals surface area contributed by atoms with E-state index in [-0.39, 0.29) is 16.9 Å². The molecular weight excluding hydrogens is 386 g/mol. The number of halogens is 1. The highest BCUT2D eigenvalue weighted by molar-refractivity contribution is 6.29. The first-order valence-electron chi connectivity index (χ1n) is 8.16. The molecule has 0 bridgehead atoms. The Hall–Kier alpha value is -3.52. The lowest BCUT2D eigenvalue weighted by atomic mass is 10.1. The van der Waals surface area contributed by atoms with Gasteiger partial charge in [0, 0.05) is 23.2 Å². The number of amides is 1. The zero-order chi connectivity index (χ0) is 20.3. The number of nitro groups is 1. The standard InChI is InChI=1S/C19H14ClN3O5/c1-11(18(24)21-14-3-2-4-15(10-14)23(26)27)28-19(25)13-5-7-16-12(9-13)6-8-17(20)22-16/h2-11H,1H3,(H,21,24). The summed E-state index contributed by atoms with van der Waals surface area (Å²) in [5.74, 6) is -1.29. The van der Waals surface area contributed by atoms with E-state index in [9.17, 15) is 19.7 Å². The van der Waals surface area contributed by atoms with Crippen molar-refractivity contribution in [2.45, 2.75) is 13.0 Å². The van der Waals surface area contributed by atoms with Crippen LogP contribution in [-0.2, 0) is 9.53 Å². The zero-order valence-electron chi connectivity index (χ0n) is 14.6. The smallest absolute Gasteiger partial charge is 0.338 e. The number of aromatic nitrogens is 1. The van der Waals surface area contributed by atoms with Gasteiger partial charge in [0.15, 0.2) is 6.10 Å². The number of hydrogen-bond acceptors (Lipinski definition) is 6. The van der Waals surface area contributed by atoms with E-state index in [0.717, 1.165) is 0 Å². The lowest BCUT2D eigenvalue weighted by Gasteiger charge is -2.13. The van der Waals surface area contributed by atoms with Gasteiger partial charge in [0.05, 0.1) is 16.0 Å². The van der Waals surface area contributed by atoms with Gasteiger partial charge in [0.1, 0.15) is 5.15 Å². The Morgan fingerprint density at radius 1 is 1.18 bits per heavy atom. The molecule has 9 heteroatoms. The van der Waals surface area contributed by atoms with Gasteiger partial charge >= 0.3 is 5.97 Å². The van der Waals surface area contributed by atoms with Crippen LogP contribution in [0.2, 0.25) is 5.15 Å². The van der Waals surface area contributed by atoms with Crippen LogP contribution >= 0.6 is 11.6 Å². The van der Waals surface area contributed by atoms with E-state index in [0.29, 0.717) is 16.1 Å². The number of rotatable bonds is 5. The van der Waals surface area contributed by atoms with Crippen LogP contribution in [0.25, 0.3) is 10.9 Å². The van der Waals surface area contributed by atoms with Crippen LogP contribution in [0, 0.1) is 10.1 Å². The summed E-state index contributed by atoms with van der Waals surface area (Å²) in [5, 5.41) is 14.3. The second-order valence-corrected chi connectivity index (χ2v) is 6.27. The molecule has 1 amide bonds. The van der Waals surface area contributed by atoms with E-state index < -0.39 is 22.9 Å². The number of anilines is 1. The van der Waals surface area contributed by atoms with Gasteiger partial charge in [-0.25, -0.2) is 9.78 Å². The number of pyridine rings is 1. The average molecular weight is 400 g/mol. The van der Waals surface area contributed by atoms with Crippen molar-refractivity contribution < 1.29 is 19.2 Å². The third kappa shape index (κ3) is 4.41. The molecule has 28 heavy (non-hydrogen) atoms. The number of nitro benzene ring substituents is 1. The van der Waals surface area contributed by atoms with Crippen molar-refractivity contribution in [3.8, 4) is 0 Å². The first-order chi connectivity index (χ1) is 13.3. The van der Waals surface area contributed by atoms with E-state index in [1.54, 1.807) is 24.3 Å².